The minimum absolute atomic E-state index is 0.0324. The Morgan fingerprint density at radius 3 is 2.67 bits per heavy atom. The van der Waals surface area contributed by atoms with Gasteiger partial charge in [-0.1, -0.05) is 6.07 Å². The molecular weight excluding hydrogens is 436 g/mol. The van der Waals surface area contributed by atoms with Crippen molar-refractivity contribution in [2.75, 3.05) is 0 Å². The SMILES string of the molecule is Cc1[nH]n(-c2cccc(SOON)c2)c(=O)c1N=Nc1cc(S(N)(=O)=O)ccc1O. The van der Waals surface area contributed by atoms with Crippen molar-refractivity contribution in [2.45, 2.75) is 16.7 Å². The summed E-state index contributed by atoms with van der Waals surface area (Å²) in [5, 5.41) is 25.5. The van der Waals surface area contributed by atoms with Crippen LogP contribution < -0.4 is 16.6 Å². The molecule has 3 aromatic rings. The van der Waals surface area contributed by atoms with E-state index in [9.17, 15) is 18.3 Å². The molecule has 12 nitrogen and oxygen atoms in total. The Bertz CT molecular complexity index is 1270. The number of azo groups is 1. The molecule has 3 rings (SSSR count). The van der Waals surface area contributed by atoms with Crippen molar-refractivity contribution in [1.82, 2.24) is 9.78 Å². The van der Waals surface area contributed by atoms with E-state index in [4.69, 9.17) is 11.0 Å². The molecule has 158 valence electrons. The first-order valence-corrected chi connectivity index (χ1v) is 10.4. The third-order valence-electron chi connectivity index (χ3n) is 3.82. The van der Waals surface area contributed by atoms with Gasteiger partial charge in [0.15, 0.2) is 5.69 Å². The van der Waals surface area contributed by atoms with E-state index in [0.717, 1.165) is 30.2 Å². The van der Waals surface area contributed by atoms with E-state index < -0.39 is 15.6 Å². The fourth-order valence-electron chi connectivity index (χ4n) is 2.43. The lowest BCUT2D eigenvalue weighted by atomic mass is 10.3. The van der Waals surface area contributed by atoms with Crippen molar-refractivity contribution < 1.29 is 22.8 Å². The van der Waals surface area contributed by atoms with Crippen LogP contribution >= 0.6 is 12.0 Å². The van der Waals surface area contributed by atoms with Gasteiger partial charge in [0.25, 0.3) is 5.56 Å². The number of primary sulfonamides is 1. The Balaban J connectivity index is 1.97. The number of hydrogen-bond acceptors (Lipinski definition) is 10. The second-order valence-corrected chi connectivity index (χ2v) is 8.20. The highest BCUT2D eigenvalue weighted by atomic mass is 32.2. The molecule has 6 N–H and O–H groups in total. The van der Waals surface area contributed by atoms with Crippen molar-refractivity contribution in [1.29, 1.82) is 0 Å². The first kappa shape index (κ1) is 21.7. The number of hydrogen-bond donors (Lipinski definition) is 4. The summed E-state index contributed by atoms with van der Waals surface area (Å²) in [5.74, 6) is 4.49. The highest BCUT2D eigenvalue weighted by Crippen LogP contribution is 2.30. The van der Waals surface area contributed by atoms with Crippen LogP contribution in [0.1, 0.15) is 5.69 Å². The summed E-state index contributed by atoms with van der Waals surface area (Å²) in [4.78, 5) is 17.2. The zero-order chi connectivity index (χ0) is 21.9. The monoisotopic (exact) mass is 452 g/mol. The topological polar surface area (TPSA) is 187 Å². The number of nitrogens with one attached hydrogen (secondary N) is 1. The van der Waals surface area contributed by atoms with E-state index in [-0.39, 0.29) is 22.0 Å². The number of aryl methyl sites for hydroxylation is 1. The second kappa shape index (κ2) is 8.78. The van der Waals surface area contributed by atoms with Crippen LogP contribution in [0.3, 0.4) is 0 Å². The summed E-state index contributed by atoms with van der Waals surface area (Å²) in [5.41, 5.74) is 0.163. The van der Waals surface area contributed by atoms with Crippen molar-refractivity contribution in [2.24, 2.45) is 21.3 Å². The van der Waals surface area contributed by atoms with Gasteiger partial charge in [-0.05, 0) is 43.3 Å². The van der Waals surface area contributed by atoms with Crippen LogP contribution in [0.25, 0.3) is 5.69 Å². The minimum atomic E-state index is -4.00. The smallest absolute Gasteiger partial charge is 0.299 e. The predicted molar refractivity (Wildman–Crippen MR) is 107 cm³/mol. The number of H-pyrrole nitrogens is 1. The highest BCUT2D eigenvalue weighted by molar-refractivity contribution is 7.94. The molecule has 0 unspecified atom stereocenters. The van der Waals surface area contributed by atoms with Crippen molar-refractivity contribution >= 4 is 33.4 Å². The maximum atomic E-state index is 12.8. The molecule has 14 heteroatoms. The summed E-state index contributed by atoms with van der Waals surface area (Å²) < 4.78 is 28.8. The van der Waals surface area contributed by atoms with Crippen LogP contribution in [0.5, 0.6) is 5.75 Å². The van der Waals surface area contributed by atoms with Crippen LogP contribution in [0.15, 0.2) is 67.3 Å². The third kappa shape index (κ3) is 4.76. The van der Waals surface area contributed by atoms with Gasteiger partial charge in [0.1, 0.15) is 11.4 Å². The number of aromatic amines is 1. The number of nitrogens with two attached hydrogens (primary N) is 2. The molecule has 0 aliphatic rings. The van der Waals surface area contributed by atoms with Gasteiger partial charge in [-0.2, -0.15) is 5.90 Å². The van der Waals surface area contributed by atoms with Crippen molar-refractivity contribution in [3.8, 4) is 11.4 Å². The van der Waals surface area contributed by atoms with Gasteiger partial charge in [-0.3, -0.25) is 9.89 Å². The Kier molecular flexibility index (Phi) is 6.35. The number of aromatic hydroxyl groups is 1. The average Bonchev–Trinajstić information content (AvgIpc) is 2.99. The van der Waals surface area contributed by atoms with E-state index in [1.807, 2.05) is 0 Å². The molecule has 0 bridgehead atoms. The Morgan fingerprint density at radius 2 is 1.97 bits per heavy atom. The lowest BCUT2D eigenvalue weighted by Gasteiger charge is -2.03. The molecule has 0 spiro atoms. The summed E-state index contributed by atoms with van der Waals surface area (Å²) >= 11 is 0.853. The fourth-order valence-corrected chi connectivity index (χ4v) is 3.39. The lowest BCUT2D eigenvalue weighted by molar-refractivity contribution is -0.195. The minimum Gasteiger partial charge on any atom is -0.506 e. The molecule has 0 aliphatic heterocycles. The van der Waals surface area contributed by atoms with Crippen molar-refractivity contribution in [3.05, 3.63) is 58.5 Å². The van der Waals surface area contributed by atoms with Crippen molar-refractivity contribution in [3.63, 3.8) is 0 Å². The van der Waals surface area contributed by atoms with Crippen LogP contribution in [0, 0.1) is 6.92 Å². The number of sulfonamides is 1. The molecular formula is C16H16N6O6S2. The van der Waals surface area contributed by atoms with E-state index >= 15 is 0 Å². The highest BCUT2D eigenvalue weighted by Gasteiger charge is 2.14. The first-order valence-electron chi connectivity index (χ1n) is 8.10. The quantitative estimate of drug-likeness (QED) is 0.181. The van der Waals surface area contributed by atoms with E-state index in [1.54, 1.807) is 31.2 Å². The summed E-state index contributed by atoms with van der Waals surface area (Å²) in [6.45, 7) is 1.61. The van der Waals surface area contributed by atoms with Gasteiger partial charge in [0.05, 0.1) is 28.3 Å². The number of benzene rings is 2. The van der Waals surface area contributed by atoms with Crippen LogP contribution in [0.2, 0.25) is 0 Å². The van der Waals surface area contributed by atoms with Gasteiger partial charge < -0.3 is 5.11 Å². The molecule has 0 amide bonds. The van der Waals surface area contributed by atoms with Gasteiger partial charge in [-0.15, -0.1) is 19.6 Å². The maximum Gasteiger partial charge on any atom is 0.299 e. The van der Waals surface area contributed by atoms with Crippen LogP contribution in [-0.2, 0) is 19.3 Å². The maximum absolute atomic E-state index is 12.8. The Morgan fingerprint density at radius 1 is 1.20 bits per heavy atom. The zero-order valence-corrected chi connectivity index (χ0v) is 17.0. The largest absolute Gasteiger partial charge is 0.506 e. The van der Waals surface area contributed by atoms with Crippen LogP contribution in [0.4, 0.5) is 11.4 Å². The molecule has 0 atom stereocenters. The molecule has 0 radical (unpaired) electrons. The van der Waals surface area contributed by atoms with E-state index in [1.165, 1.54) is 4.68 Å². The number of aromatic nitrogens is 2. The van der Waals surface area contributed by atoms with Gasteiger partial charge in [0, 0.05) is 4.90 Å². The molecule has 2 aromatic carbocycles. The molecule has 0 saturated carbocycles. The number of phenolic OH excluding ortho intramolecular Hbond substituents is 1. The molecule has 0 aliphatic carbocycles. The lowest BCUT2D eigenvalue weighted by Crippen LogP contribution is -2.14. The average molecular weight is 452 g/mol. The molecule has 0 fully saturated rings. The number of nitrogens with zero attached hydrogens (tertiary/aromatic N) is 3. The fraction of sp³-hybridized carbons (Fsp3) is 0.0625. The number of rotatable bonds is 7. The first-order chi connectivity index (χ1) is 14.2. The number of phenols is 1. The summed E-state index contributed by atoms with van der Waals surface area (Å²) in [6.07, 6.45) is 0. The molecule has 0 saturated heterocycles. The Hall–Kier alpha value is -3.01. The van der Waals surface area contributed by atoms with Gasteiger partial charge in [-0.25, -0.2) is 18.2 Å². The normalized spacial score (nSPS) is 12.0. The van der Waals surface area contributed by atoms with E-state index in [2.05, 4.69) is 24.6 Å². The standard InChI is InChI=1S/C16H16N6O6S2/c1-9-15(20-19-13-8-12(30(18,25)26)5-6-14(13)23)16(24)22(21-9)10-3-2-4-11(7-10)29-28-27-17/h2-8,21,23H,17H2,1H3,(H2,18,25,26). The van der Waals surface area contributed by atoms with E-state index in [0.29, 0.717) is 16.3 Å². The third-order valence-corrected chi connectivity index (χ3v) is 5.32. The zero-order valence-electron chi connectivity index (χ0n) is 15.3. The van der Waals surface area contributed by atoms with Gasteiger partial charge in [0.2, 0.25) is 10.0 Å². The van der Waals surface area contributed by atoms with Gasteiger partial charge >= 0.3 is 0 Å². The summed E-state index contributed by atoms with van der Waals surface area (Å²) in [7, 11) is -4.00. The molecule has 30 heavy (non-hydrogen) atoms. The Labute approximate surface area is 174 Å². The summed E-state index contributed by atoms with van der Waals surface area (Å²) in [6, 6.07) is 10.0. The van der Waals surface area contributed by atoms with Crippen LogP contribution in [-0.4, -0.2) is 23.3 Å². The molecule has 1 aromatic heterocycles. The molecule has 1 heterocycles. The predicted octanol–water partition coefficient (Wildman–Crippen LogP) is 2.07. The second-order valence-electron chi connectivity index (χ2n) is 5.87.